The molecule has 0 atom stereocenters. The predicted octanol–water partition coefficient (Wildman–Crippen LogP) is 3.20. The summed E-state index contributed by atoms with van der Waals surface area (Å²) in [6, 6.07) is 6.41. The maximum Gasteiger partial charge on any atom is 0.143 e. The second-order valence-corrected chi connectivity index (χ2v) is 5.68. The van der Waals surface area contributed by atoms with Crippen LogP contribution in [0.2, 0.25) is 0 Å². The number of pyridine rings is 1. The Bertz CT molecular complexity index is 709. The number of hydrogen-bond donors (Lipinski definition) is 2. The number of oxime groups is 1. The minimum atomic E-state index is -0.599. The highest BCUT2D eigenvalue weighted by Gasteiger charge is 2.20. The molecule has 6 heteroatoms. The summed E-state index contributed by atoms with van der Waals surface area (Å²) in [7, 11) is 0. The van der Waals surface area contributed by atoms with Crippen molar-refractivity contribution in [1.29, 1.82) is 0 Å². The lowest BCUT2D eigenvalue weighted by Crippen LogP contribution is -2.18. The van der Waals surface area contributed by atoms with Gasteiger partial charge in [-0.3, -0.25) is 4.98 Å². The average Bonchev–Trinajstić information content (AvgIpc) is 2.43. The first-order chi connectivity index (χ1) is 10.3. The summed E-state index contributed by atoms with van der Waals surface area (Å²) < 4.78 is 13.5. The standard InChI is InChI=1S/C16H17FN2O3/c1-16(2,3)22-19-14(15-13(21)5-4-8-18-15)11-9-10(17)6-7-12(11)20/h4-9,20-21H,1-3H3/b19-14-. The van der Waals surface area contributed by atoms with E-state index >= 15 is 0 Å². The molecule has 0 aliphatic carbocycles. The number of phenols is 1. The third kappa shape index (κ3) is 3.72. The fraction of sp³-hybridized carbons (Fsp3) is 0.250. The van der Waals surface area contributed by atoms with Crippen molar-refractivity contribution >= 4 is 5.71 Å². The Hall–Kier alpha value is -2.63. The molecule has 1 aromatic carbocycles. The summed E-state index contributed by atoms with van der Waals surface area (Å²) >= 11 is 0. The minimum Gasteiger partial charge on any atom is -0.507 e. The highest BCUT2D eigenvalue weighted by Crippen LogP contribution is 2.26. The summed E-state index contributed by atoms with van der Waals surface area (Å²) in [5, 5.41) is 23.9. The number of aromatic hydroxyl groups is 2. The zero-order chi connectivity index (χ0) is 16.3. The van der Waals surface area contributed by atoms with Crippen LogP contribution in [0.15, 0.2) is 41.7 Å². The van der Waals surface area contributed by atoms with E-state index in [2.05, 4.69) is 10.1 Å². The average molecular weight is 304 g/mol. The van der Waals surface area contributed by atoms with E-state index in [-0.39, 0.29) is 28.5 Å². The van der Waals surface area contributed by atoms with Crippen molar-refractivity contribution in [1.82, 2.24) is 4.98 Å². The zero-order valence-corrected chi connectivity index (χ0v) is 12.5. The minimum absolute atomic E-state index is 0.0463. The van der Waals surface area contributed by atoms with E-state index in [1.54, 1.807) is 26.8 Å². The van der Waals surface area contributed by atoms with Crippen molar-refractivity contribution < 1.29 is 19.4 Å². The third-order valence-corrected chi connectivity index (χ3v) is 2.64. The molecule has 0 saturated carbocycles. The lowest BCUT2D eigenvalue weighted by molar-refractivity contribution is 0.00108. The van der Waals surface area contributed by atoms with Gasteiger partial charge in [-0.25, -0.2) is 4.39 Å². The molecule has 0 aliphatic rings. The number of halogens is 1. The SMILES string of the molecule is CC(C)(C)O/N=C(/c1cc(F)ccc1O)c1ncccc1O. The van der Waals surface area contributed by atoms with E-state index in [4.69, 9.17) is 4.84 Å². The Morgan fingerprint density at radius 1 is 1.18 bits per heavy atom. The number of rotatable bonds is 3. The van der Waals surface area contributed by atoms with Crippen LogP contribution in [0.5, 0.6) is 11.5 Å². The Morgan fingerprint density at radius 2 is 1.91 bits per heavy atom. The van der Waals surface area contributed by atoms with Gasteiger partial charge < -0.3 is 15.1 Å². The second kappa shape index (κ2) is 6.01. The van der Waals surface area contributed by atoms with Gasteiger partial charge in [-0.15, -0.1) is 0 Å². The van der Waals surface area contributed by atoms with Crippen LogP contribution < -0.4 is 0 Å². The molecule has 5 nitrogen and oxygen atoms in total. The van der Waals surface area contributed by atoms with Crippen LogP contribution in [0.4, 0.5) is 4.39 Å². The van der Waals surface area contributed by atoms with Gasteiger partial charge >= 0.3 is 0 Å². The third-order valence-electron chi connectivity index (χ3n) is 2.64. The molecule has 1 aromatic heterocycles. The predicted molar refractivity (Wildman–Crippen MR) is 80.4 cm³/mol. The van der Waals surface area contributed by atoms with Gasteiger partial charge in [-0.1, -0.05) is 5.16 Å². The Balaban J connectivity index is 2.61. The molecule has 0 saturated heterocycles. The summed E-state index contributed by atoms with van der Waals surface area (Å²) in [6.45, 7) is 5.37. The molecule has 22 heavy (non-hydrogen) atoms. The van der Waals surface area contributed by atoms with Crippen LogP contribution in [-0.4, -0.2) is 26.5 Å². The van der Waals surface area contributed by atoms with E-state index in [1.807, 2.05) is 0 Å². The van der Waals surface area contributed by atoms with E-state index < -0.39 is 11.4 Å². The van der Waals surface area contributed by atoms with Crippen molar-refractivity contribution in [2.75, 3.05) is 0 Å². The number of nitrogens with zero attached hydrogens (tertiary/aromatic N) is 2. The maximum atomic E-state index is 13.5. The number of phenolic OH excluding ortho intramolecular Hbond substituents is 1. The van der Waals surface area contributed by atoms with E-state index in [9.17, 15) is 14.6 Å². The molecule has 0 bridgehead atoms. The molecule has 2 rings (SSSR count). The van der Waals surface area contributed by atoms with Gasteiger partial charge in [0.25, 0.3) is 0 Å². The van der Waals surface area contributed by atoms with Crippen LogP contribution in [0.1, 0.15) is 32.0 Å². The number of hydrogen-bond acceptors (Lipinski definition) is 5. The van der Waals surface area contributed by atoms with E-state index in [1.165, 1.54) is 18.3 Å². The van der Waals surface area contributed by atoms with E-state index in [0.29, 0.717) is 0 Å². The first kappa shape index (κ1) is 15.8. The first-order valence-electron chi connectivity index (χ1n) is 6.67. The number of benzene rings is 1. The Kier molecular flexibility index (Phi) is 4.30. The first-order valence-corrected chi connectivity index (χ1v) is 6.67. The zero-order valence-electron chi connectivity index (χ0n) is 12.5. The fourth-order valence-electron chi connectivity index (χ4n) is 1.68. The van der Waals surface area contributed by atoms with Crippen LogP contribution in [0, 0.1) is 5.82 Å². The van der Waals surface area contributed by atoms with Crippen LogP contribution in [0.3, 0.4) is 0 Å². The summed E-state index contributed by atoms with van der Waals surface area (Å²) in [4.78, 5) is 9.39. The molecular formula is C16H17FN2O3. The van der Waals surface area contributed by atoms with Crippen molar-refractivity contribution in [3.8, 4) is 11.5 Å². The summed E-state index contributed by atoms with van der Waals surface area (Å²) in [5.41, 5.74) is -0.380. The van der Waals surface area contributed by atoms with Crippen LogP contribution >= 0.6 is 0 Å². The van der Waals surface area contributed by atoms with Crippen LogP contribution in [-0.2, 0) is 4.84 Å². The lowest BCUT2D eigenvalue weighted by atomic mass is 10.0. The Labute approximate surface area is 127 Å². The topological polar surface area (TPSA) is 74.9 Å². The molecule has 0 aliphatic heterocycles. The Morgan fingerprint density at radius 3 is 2.55 bits per heavy atom. The van der Waals surface area contributed by atoms with Crippen molar-refractivity contribution in [3.63, 3.8) is 0 Å². The monoisotopic (exact) mass is 304 g/mol. The number of aromatic nitrogens is 1. The smallest absolute Gasteiger partial charge is 0.143 e. The highest BCUT2D eigenvalue weighted by atomic mass is 19.1. The molecular weight excluding hydrogens is 287 g/mol. The summed E-state index contributed by atoms with van der Waals surface area (Å²) in [5.74, 6) is -0.892. The fourth-order valence-corrected chi connectivity index (χ4v) is 1.68. The van der Waals surface area contributed by atoms with Crippen molar-refractivity contribution in [2.24, 2.45) is 5.16 Å². The molecule has 0 spiro atoms. The van der Waals surface area contributed by atoms with Gasteiger partial charge in [0.15, 0.2) is 0 Å². The molecule has 2 N–H and O–H groups in total. The molecule has 1 heterocycles. The highest BCUT2D eigenvalue weighted by molar-refractivity contribution is 6.14. The second-order valence-electron chi connectivity index (χ2n) is 5.68. The normalized spacial score (nSPS) is 12.3. The molecule has 116 valence electrons. The van der Waals surface area contributed by atoms with E-state index in [0.717, 1.165) is 12.1 Å². The molecule has 0 radical (unpaired) electrons. The molecule has 0 unspecified atom stereocenters. The van der Waals surface area contributed by atoms with Crippen LogP contribution in [0.25, 0.3) is 0 Å². The molecule has 2 aromatic rings. The largest absolute Gasteiger partial charge is 0.507 e. The van der Waals surface area contributed by atoms with Gasteiger partial charge in [0.05, 0.1) is 5.56 Å². The lowest BCUT2D eigenvalue weighted by Gasteiger charge is -2.17. The van der Waals surface area contributed by atoms with Gasteiger partial charge in [0.1, 0.15) is 34.3 Å². The van der Waals surface area contributed by atoms with Gasteiger partial charge in [-0.2, -0.15) is 0 Å². The molecule has 0 amide bonds. The summed E-state index contributed by atoms with van der Waals surface area (Å²) in [6.07, 6.45) is 1.46. The van der Waals surface area contributed by atoms with Gasteiger partial charge in [0.2, 0.25) is 0 Å². The van der Waals surface area contributed by atoms with Gasteiger partial charge in [0, 0.05) is 6.20 Å². The maximum absolute atomic E-state index is 13.5. The van der Waals surface area contributed by atoms with Gasteiger partial charge in [-0.05, 0) is 51.1 Å². The van der Waals surface area contributed by atoms with Crippen molar-refractivity contribution in [3.05, 3.63) is 53.6 Å². The molecule has 0 fully saturated rings. The quantitative estimate of drug-likeness (QED) is 0.674. The van der Waals surface area contributed by atoms with Crippen molar-refractivity contribution in [2.45, 2.75) is 26.4 Å².